The smallest absolute Gasteiger partial charge is 0.343 e. The van der Waals surface area contributed by atoms with E-state index in [4.69, 9.17) is 18.6 Å². The largest absolute Gasteiger partial charge is 0.493 e. The standard InChI is InChI=1S/C28H34O8/c1-7-18(29)10-12-27(2,3)24(30)11-13-28(4)25(31)15-19-22(36-28)16-21(35-26(19)32)17-8-9-20(33-5)23(14-17)34-6/h8-9,14,16H,7,10-13,15H2,1-6H3/t28-/m1/s1. The van der Waals surface area contributed by atoms with Crippen molar-refractivity contribution in [3.63, 3.8) is 0 Å². The first-order valence-corrected chi connectivity index (χ1v) is 12.1. The summed E-state index contributed by atoms with van der Waals surface area (Å²) in [7, 11) is 3.04. The Morgan fingerprint density at radius 1 is 1.06 bits per heavy atom. The molecule has 8 nitrogen and oxygen atoms in total. The van der Waals surface area contributed by atoms with Crippen LogP contribution in [-0.2, 0) is 20.8 Å². The van der Waals surface area contributed by atoms with Gasteiger partial charge in [-0.25, -0.2) is 4.79 Å². The van der Waals surface area contributed by atoms with Crippen LogP contribution >= 0.6 is 0 Å². The fraction of sp³-hybridized carbons (Fsp3) is 0.500. The number of ketones is 3. The Morgan fingerprint density at radius 3 is 2.39 bits per heavy atom. The Bertz CT molecular complexity index is 1220. The van der Waals surface area contributed by atoms with Gasteiger partial charge >= 0.3 is 5.63 Å². The van der Waals surface area contributed by atoms with Crippen molar-refractivity contribution in [2.45, 2.75) is 71.8 Å². The summed E-state index contributed by atoms with van der Waals surface area (Å²) in [5, 5.41) is 0. The zero-order chi connectivity index (χ0) is 26.7. The van der Waals surface area contributed by atoms with Gasteiger partial charge in [0.1, 0.15) is 23.1 Å². The molecule has 0 bridgehead atoms. The summed E-state index contributed by atoms with van der Waals surface area (Å²) in [5.41, 5.74) is -1.86. The van der Waals surface area contributed by atoms with Gasteiger partial charge in [0, 0.05) is 49.1 Å². The molecule has 0 radical (unpaired) electrons. The zero-order valence-electron chi connectivity index (χ0n) is 21.8. The summed E-state index contributed by atoms with van der Waals surface area (Å²) in [6.45, 7) is 7.09. The van der Waals surface area contributed by atoms with E-state index >= 15 is 0 Å². The van der Waals surface area contributed by atoms with Crippen LogP contribution in [0.2, 0.25) is 0 Å². The van der Waals surface area contributed by atoms with E-state index in [2.05, 4.69) is 0 Å². The highest BCUT2D eigenvalue weighted by molar-refractivity contribution is 5.92. The van der Waals surface area contributed by atoms with Gasteiger partial charge < -0.3 is 18.6 Å². The quantitative estimate of drug-likeness (QED) is 0.438. The van der Waals surface area contributed by atoms with Crippen LogP contribution in [0.25, 0.3) is 11.3 Å². The van der Waals surface area contributed by atoms with E-state index in [1.165, 1.54) is 14.2 Å². The molecule has 1 aliphatic heterocycles. The Kier molecular flexibility index (Phi) is 8.06. The lowest BCUT2D eigenvalue weighted by molar-refractivity contribution is -0.136. The van der Waals surface area contributed by atoms with Crippen molar-refractivity contribution in [1.82, 2.24) is 0 Å². The Balaban J connectivity index is 1.82. The van der Waals surface area contributed by atoms with Gasteiger partial charge in [0.15, 0.2) is 22.9 Å². The van der Waals surface area contributed by atoms with Crippen molar-refractivity contribution < 1.29 is 33.0 Å². The average Bonchev–Trinajstić information content (AvgIpc) is 2.86. The van der Waals surface area contributed by atoms with Crippen molar-refractivity contribution in [2.24, 2.45) is 5.41 Å². The summed E-state index contributed by atoms with van der Waals surface area (Å²) in [5.74, 6) is 1.32. The van der Waals surface area contributed by atoms with Gasteiger partial charge in [0.2, 0.25) is 0 Å². The number of ether oxygens (including phenoxy) is 3. The molecule has 0 saturated heterocycles. The number of methoxy groups -OCH3 is 2. The maximum Gasteiger partial charge on any atom is 0.343 e. The van der Waals surface area contributed by atoms with Crippen molar-refractivity contribution in [2.75, 3.05) is 14.2 Å². The monoisotopic (exact) mass is 498 g/mol. The van der Waals surface area contributed by atoms with Gasteiger partial charge in [0.05, 0.1) is 19.8 Å². The number of rotatable bonds is 11. The van der Waals surface area contributed by atoms with Crippen LogP contribution in [0.1, 0.15) is 65.4 Å². The molecular formula is C28H34O8. The minimum atomic E-state index is -1.26. The fourth-order valence-electron chi connectivity index (χ4n) is 4.18. The van der Waals surface area contributed by atoms with E-state index in [0.717, 1.165) is 0 Å². The molecule has 0 aliphatic carbocycles. The molecule has 2 heterocycles. The third-order valence-corrected chi connectivity index (χ3v) is 6.95. The van der Waals surface area contributed by atoms with Gasteiger partial charge in [-0.15, -0.1) is 0 Å². The molecule has 3 rings (SSSR count). The Morgan fingerprint density at radius 2 is 1.75 bits per heavy atom. The van der Waals surface area contributed by atoms with E-state index in [-0.39, 0.29) is 53.7 Å². The molecule has 1 atom stereocenters. The molecule has 1 aromatic carbocycles. The van der Waals surface area contributed by atoms with E-state index in [1.807, 2.05) is 13.8 Å². The molecule has 0 N–H and O–H groups in total. The maximum atomic E-state index is 13.0. The molecule has 36 heavy (non-hydrogen) atoms. The Hall–Kier alpha value is -3.42. The van der Waals surface area contributed by atoms with Crippen molar-refractivity contribution >= 4 is 17.3 Å². The third-order valence-electron chi connectivity index (χ3n) is 6.95. The van der Waals surface area contributed by atoms with E-state index in [1.54, 1.807) is 38.1 Å². The lowest BCUT2D eigenvalue weighted by atomic mass is 9.78. The fourth-order valence-corrected chi connectivity index (χ4v) is 4.18. The molecule has 1 aromatic heterocycles. The summed E-state index contributed by atoms with van der Waals surface area (Å²) in [6, 6.07) is 6.69. The highest BCUT2D eigenvalue weighted by Gasteiger charge is 2.42. The first kappa shape index (κ1) is 27.2. The molecule has 8 heteroatoms. The molecule has 1 aliphatic rings. The predicted molar refractivity (Wildman–Crippen MR) is 134 cm³/mol. The summed E-state index contributed by atoms with van der Waals surface area (Å²) in [4.78, 5) is 50.3. The maximum absolute atomic E-state index is 13.0. The van der Waals surface area contributed by atoms with Gasteiger partial charge in [-0.05, 0) is 31.5 Å². The molecule has 2 aromatic rings. The van der Waals surface area contributed by atoms with Crippen molar-refractivity contribution in [3.05, 3.63) is 40.2 Å². The first-order valence-electron chi connectivity index (χ1n) is 12.1. The molecule has 0 amide bonds. The van der Waals surface area contributed by atoms with Crippen LogP contribution in [0.5, 0.6) is 17.2 Å². The highest BCUT2D eigenvalue weighted by Crippen LogP contribution is 2.38. The second-order valence-electron chi connectivity index (χ2n) is 9.94. The van der Waals surface area contributed by atoms with Gasteiger partial charge in [-0.1, -0.05) is 20.8 Å². The van der Waals surface area contributed by atoms with Crippen molar-refractivity contribution in [3.8, 4) is 28.6 Å². The first-order chi connectivity index (χ1) is 16.9. The van der Waals surface area contributed by atoms with E-state index in [9.17, 15) is 19.2 Å². The van der Waals surface area contributed by atoms with Crippen LogP contribution in [0.15, 0.2) is 33.5 Å². The molecular weight excluding hydrogens is 464 g/mol. The lowest BCUT2D eigenvalue weighted by Crippen LogP contribution is -2.47. The highest BCUT2D eigenvalue weighted by atomic mass is 16.5. The molecule has 0 spiro atoms. The normalized spacial score (nSPS) is 17.2. The number of fused-ring (bicyclic) bond motifs is 1. The van der Waals surface area contributed by atoms with Crippen LogP contribution in [0.4, 0.5) is 0 Å². The summed E-state index contributed by atoms with van der Waals surface area (Å²) < 4.78 is 22.2. The van der Waals surface area contributed by atoms with Crippen molar-refractivity contribution in [1.29, 1.82) is 0 Å². The van der Waals surface area contributed by atoms with Crippen LogP contribution in [0, 0.1) is 5.41 Å². The van der Waals surface area contributed by atoms with E-state index in [0.29, 0.717) is 36.3 Å². The van der Waals surface area contributed by atoms with Gasteiger partial charge in [-0.3, -0.25) is 14.4 Å². The minimum absolute atomic E-state index is 0.0339. The average molecular weight is 499 g/mol. The minimum Gasteiger partial charge on any atom is -0.493 e. The van der Waals surface area contributed by atoms with Crippen LogP contribution < -0.4 is 19.8 Å². The molecule has 0 fully saturated rings. The molecule has 0 unspecified atom stereocenters. The van der Waals surface area contributed by atoms with Crippen LogP contribution in [0.3, 0.4) is 0 Å². The Labute approximate surface area is 210 Å². The molecule has 0 saturated carbocycles. The van der Waals surface area contributed by atoms with Gasteiger partial charge in [0.25, 0.3) is 0 Å². The predicted octanol–water partition coefficient (Wildman–Crippen LogP) is 4.72. The third kappa shape index (κ3) is 5.69. The van der Waals surface area contributed by atoms with Crippen LogP contribution in [-0.4, -0.2) is 37.2 Å². The second-order valence-corrected chi connectivity index (χ2v) is 9.94. The summed E-state index contributed by atoms with van der Waals surface area (Å²) >= 11 is 0. The topological polar surface area (TPSA) is 109 Å². The zero-order valence-corrected chi connectivity index (χ0v) is 21.8. The van der Waals surface area contributed by atoms with Gasteiger partial charge in [-0.2, -0.15) is 0 Å². The number of carbonyl (C=O) groups excluding carboxylic acids is 3. The number of hydrogen-bond donors (Lipinski definition) is 0. The number of benzene rings is 1. The SMILES string of the molecule is CCC(=O)CCC(C)(C)C(=O)CC[C@@]1(C)Oc2cc(-c3ccc(OC)c(OC)c3)oc(=O)c2CC1=O. The number of hydrogen-bond acceptors (Lipinski definition) is 8. The summed E-state index contributed by atoms with van der Waals surface area (Å²) in [6.07, 6.45) is 1.41. The lowest BCUT2D eigenvalue weighted by Gasteiger charge is -2.34. The molecule has 194 valence electrons. The second kappa shape index (κ2) is 10.7. The number of carbonyl (C=O) groups is 3. The van der Waals surface area contributed by atoms with E-state index < -0.39 is 16.6 Å². The number of Topliss-reactive ketones (excluding diaryl/α,β-unsaturated/α-hetero) is 3.